The van der Waals surface area contributed by atoms with Crippen LogP contribution < -0.4 is 15.3 Å². The number of nitrogens with zero attached hydrogens (tertiary/aromatic N) is 3. The number of hydrogen-bond acceptors (Lipinski definition) is 6. The molecule has 1 amide bonds. The van der Waals surface area contributed by atoms with Crippen LogP contribution in [0.1, 0.15) is 93.6 Å². The predicted molar refractivity (Wildman–Crippen MR) is 158 cm³/mol. The van der Waals surface area contributed by atoms with Crippen LogP contribution in [-0.2, 0) is 4.79 Å². The van der Waals surface area contributed by atoms with E-state index in [1.165, 1.54) is 11.3 Å². The van der Waals surface area contributed by atoms with Crippen molar-refractivity contribution in [1.82, 2.24) is 10.4 Å². The Morgan fingerprint density at radius 3 is 2.38 bits per heavy atom. The van der Waals surface area contributed by atoms with Crippen LogP contribution in [0.25, 0.3) is 0 Å². The van der Waals surface area contributed by atoms with Crippen LogP contribution in [0.15, 0.2) is 30.6 Å². The Hall–Kier alpha value is -2.89. The van der Waals surface area contributed by atoms with Gasteiger partial charge in [0.2, 0.25) is 5.91 Å². The lowest BCUT2D eigenvalue weighted by Gasteiger charge is -2.40. The third-order valence-corrected chi connectivity index (χ3v) is 8.83. The summed E-state index contributed by atoms with van der Waals surface area (Å²) in [6, 6.07) is 6.02. The van der Waals surface area contributed by atoms with E-state index in [1.807, 2.05) is 62.1 Å². The number of carboxylic acid groups (broad SMARTS) is 1. The molecule has 2 fully saturated rings. The fourth-order valence-electron chi connectivity index (χ4n) is 5.59. The van der Waals surface area contributed by atoms with Crippen LogP contribution in [0.5, 0.6) is 0 Å². The number of carbonyl (C=O) groups excluding carboxylic acids is 1. The number of hydrazine groups is 1. The lowest BCUT2D eigenvalue weighted by atomic mass is 9.81. The third kappa shape index (κ3) is 7.61. The molecule has 2 aliphatic carbocycles. The molecule has 0 bridgehead atoms. The maximum absolute atomic E-state index is 14.1. The summed E-state index contributed by atoms with van der Waals surface area (Å²) in [6.07, 6.45) is 10.8. The van der Waals surface area contributed by atoms with Gasteiger partial charge in [-0.2, -0.15) is 0 Å². The van der Waals surface area contributed by atoms with Gasteiger partial charge in [0.15, 0.2) is 0 Å². The highest BCUT2D eigenvalue weighted by Crippen LogP contribution is 2.39. The topological polar surface area (TPSA) is 85.8 Å². The second-order valence-corrected chi connectivity index (χ2v) is 13.3. The monoisotopic (exact) mass is 550 g/mol. The number of aromatic nitrogens is 1. The summed E-state index contributed by atoms with van der Waals surface area (Å²) >= 11 is 1.18. The van der Waals surface area contributed by atoms with Crippen LogP contribution in [0.2, 0.25) is 0 Å². The number of hydrogen-bond donors (Lipinski definition) is 2. The van der Waals surface area contributed by atoms with Gasteiger partial charge in [-0.15, -0.1) is 11.3 Å². The van der Waals surface area contributed by atoms with Gasteiger partial charge in [0.05, 0.1) is 22.4 Å². The fourth-order valence-corrected chi connectivity index (χ4v) is 6.43. The van der Waals surface area contributed by atoms with Crippen molar-refractivity contribution in [3.63, 3.8) is 0 Å². The first kappa shape index (κ1) is 29.1. The number of pyridine rings is 1. The summed E-state index contributed by atoms with van der Waals surface area (Å²) in [5.41, 5.74) is 4.90. The molecule has 2 heterocycles. The molecule has 2 saturated carbocycles. The van der Waals surface area contributed by atoms with E-state index in [0.29, 0.717) is 16.5 Å². The summed E-state index contributed by atoms with van der Waals surface area (Å²) in [4.78, 5) is 33.5. The zero-order chi connectivity index (χ0) is 28.2. The van der Waals surface area contributed by atoms with Gasteiger partial charge in [-0.3, -0.25) is 9.78 Å². The normalized spacial score (nSPS) is 23.4. The third-order valence-electron chi connectivity index (χ3n) is 7.80. The summed E-state index contributed by atoms with van der Waals surface area (Å²) in [7, 11) is 1.99. The minimum atomic E-state index is -0.998. The van der Waals surface area contributed by atoms with E-state index in [9.17, 15) is 14.7 Å². The molecule has 0 aliphatic heterocycles. The maximum Gasteiger partial charge on any atom is 0.348 e. The van der Waals surface area contributed by atoms with Crippen molar-refractivity contribution in [2.45, 2.75) is 91.1 Å². The zero-order valence-corrected chi connectivity index (χ0v) is 24.7. The largest absolute Gasteiger partial charge is 0.477 e. The Morgan fingerprint density at radius 2 is 1.79 bits per heavy atom. The van der Waals surface area contributed by atoms with Crippen molar-refractivity contribution in [3.05, 3.63) is 40.3 Å². The highest BCUT2D eigenvalue weighted by molar-refractivity contribution is 7.15. The average molecular weight is 551 g/mol. The van der Waals surface area contributed by atoms with Crippen molar-refractivity contribution < 1.29 is 14.7 Å². The molecule has 0 radical (unpaired) electrons. The summed E-state index contributed by atoms with van der Waals surface area (Å²) in [5, 5.41) is 12.1. The smallest absolute Gasteiger partial charge is 0.348 e. The number of rotatable bonds is 7. The van der Waals surface area contributed by atoms with Gasteiger partial charge >= 0.3 is 5.97 Å². The van der Waals surface area contributed by atoms with E-state index in [-0.39, 0.29) is 34.2 Å². The van der Waals surface area contributed by atoms with Gasteiger partial charge in [0.1, 0.15) is 4.88 Å². The molecule has 0 unspecified atom stereocenters. The van der Waals surface area contributed by atoms with Crippen molar-refractivity contribution >= 4 is 34.6 Å². The van der Waals surface area contributed by atoms with Crippen LogP contribution in [0, 0.1) is 29.1 Å². The Bertz CT molecular complexity index is 1190. The van der Waals surface area contributed by atoms with Gasteiger partial charge in [-0.1, -0.05) is 18.8 Å². The highest BCUT2D eigenvalue weighted by atomic mass is 32.1. The van der Waals surface area contributed by atoms with Crippen LogP contribution in [-0.4, -0.2) is 41.1 Å². The van der Waals surface area contributed by atoms with Crippen molar-refractivity contribution in [1.29, 1.82) is 0 Å². The Balaban J connectivity index is 1.58. The van der Waals surface area contributed by atoms with Crippen molar-refractivity contribution in [2.24, 2.45) is 17.3 Å². The lowest BCUT2D eigenvalue weighted by molar-refractivity contribution is -0.124. The Labute approximate surface area is 237 Å². The van der Waals surface area contributed by atoms with E-state index in [1.54, 1.807) is 6.20 Å². The molecule has 39 heavy (non-hydrogen) atoms. The van der Waals surface area contributed by atoms with E-state index in [0.717, 1.165) is 57.1 Å². The molecule has 210 valence electrons. The molecule has 0 atom stereocenters. The molecule has 4 rings (SSSR count). The number of carboxylic acids is 1. The Kier molecular flexibility index (Phi) is 9.35. The maximum atomic E-state index is 14.1. The molecule has 2 aliphatic rings. The van der Waals surface area contributed by atoms with E-state index < -0.39 is 5.97 Å². The molecular weight excluding hydrogens is 508 g/mol. The molecule has 2 aromatic rings. The summed E-state index contributed by atoms with van der Waals surface area (Å²) < 4.78 is 0. The number of anilines is 2. The number of amides is 1. The first-order chi connectivity index (χ1) is 18.5. The van der Waals surface area contributed by atoms with Gasteiger partial charge in [-0.25, -0.2) is 10.2 Å². The van der Waals surface area contributed by atoms with Gasteiger partial charge in [0, 0.05) is 36.7 Å². The highest BCUT2D eigenvalue weighted by Gasteiger charge is 2.37. The molecule has 7 nitrogen and oxygen atoms in total. The number of carbonyl (C=O) groups is 2. The number of thiophene rings is 1. The first-order valence-corrected chi connectivity index (χ1v) is 15.0. The minimum Gasteiger partial charge on any atom is -0.477 e. The summed E-state index contributed by atoms with van der Waals surface area (Å²) in [6.45, 7) is 8.34. The molecule has 0 aromatic carbocycles. The van der Waals surface area contributed by atoms with Crippen molar-refractivity contribution in [2.75, 3.05) is 17.0 Å². The van der Waals surface area contributed by atoms with Crippen LogP contribution in [0.3, 0.4) is 0 Å². The second-order valence-electron chi connectivity index (χ2n) is 12.2. The molecule has 2 N–H and O–H groups in total. The van der Waals surface area contributed by atoms with E-state index in [4.69, 9.17) is 0 Å². The average Bonchev–Trinajstić information content (AvgIpc) is 3.33. The van der Waals surface area contributed by atoms with E-state index >= 15 is 0 Å². The van der Waals surface area contributed by atoms with Crippen LogP contribution >= 0.6 is 11.3 Å². The molecule has 0 spiro atoms. The fraction of sp³-hybridized carbons (Fsp3) is 0.581. The number of aromatic carboxylic acids is 1. The Morgan fingerprint density at radius 1 is 1.10 bits per heavy atom. The SMILES string of the molecule is CC1CCC(C(=O)N(c2cc(C#CC(C)(C)C)sc2C(=O)O)C2CCC(NN(C)c3cccnc3)CC2)CC1. The zero-order valence-electron chi connectivity index (χ0n) is 23.9. The van der Waals surface area contributed by atoms with Crippen LogP contribution in [0.4, 0.5) is 11.4 Å². The van der Waals surface area contributed by atoms with Gasteiger partial charge < -0.3 is 15.0 Å². The summed E-state index contributed by atoms with van der Waals surface area (Å²) in [5.74, 6) is 6.06. The number of nitrogens with one attached hydrogen (secondary N) is 1. The van der Waals surface area contributed by atoms with Gasteiger partial charge in [-0.05, 0) is 96.3 Å². The van der Waals surface area contributed by atoms with Crippen molar-refractivity contribution in [3.8, 4) is 11.8 Å². The first-order valence-electron chi connectivity index (χ1n) is 14.1. The molecule has 0 saturated heterocycles. The lowest BCUT2D eigenvalue weighted by Crippen LogP contribution is -2.50. The quantitative estimate of drug-likeness (QED) is 0.309. The minimum absolute atomic E-state index is 0.0327. The molecule has 8 heteroatoms. The van der Waals surface area contributed by atoms with E-state index in [2.05, 4.69) is 29.2 Å². The predicted octanol–water partition coefficient (Wildman–Crippen LogP) is 6.35. The molecular formula is C31H42N4O3S. The van der Waals surface area contributed by atoms with Gasteiger partial charge in [0.25, 0.3) is 0 Å². The standard InChI is InChI=1S/C31H42N4O3S/c1-21-8-10-22(11-9-21)29(36)35(27-19-26(16-17-31(2,3)4)39-28(27)30(37)38)24-14-12-23(13-15-24)33-34(5)25-7-6-18-32-20-25/h6-7,18-24,33H,8-15H2,1-5H3,(H,37,38). The second kappa shape index (κ2) is 12.5. The molecule has 2 aromatic heterocycles.